The van der Waals surface area contributed by atoms with Gasteiger partial charge in [0.25, 0.3) is 0 Å². The minimum atomic E-state index is 1.45. The molecule has 0 radical (unpaired) electrons. The minimum absolute atomic E-state index is 1.45. The van der Waals surface area contributed by atoms with E-state index >= 15 is 0 Å². The van der Waals surface area contributed by atoms with Gasteiger partial charge in [0.2, 0.25) is 0 Å². The highest BCUT2D eigenvalue weighted by atomic mass is 32.1. The average molecular weight is 101 g/mol. The van der Waals surface area contributed by atoms with Crippen LogP contribution in [0.2, 0.25) is 0 Å². The van der Waals surface area contributed by atoms with E-state index in [1.54, 1.807) is 17.6 Å². The van der Waals surface area contributed by atoms with Gasteiger partial charge in [0.05, 0.1) is 0 Å². The van der Waals surface area contributed by atoms with E-state index in [2.05, 4.69) is 12.6 Å². The smallest absolute Gasteiger partial charge is 0.00622 e. The number of hydrogen-bond donors (Lipinski definition) is 2. The molecule has 0 atom stereocenters. The summed E-state index contributed by atoms with van der Waals surface area (Å²) in [5, 5.41) is 1.61. The zero-order valence-electron chi connectivity index (χ0n) is 3.33. The van der Waals surface area contributed by atoms with E-state index in [0.717, 1.165) is 0 Å². The molecule has 0 bridgehead atoms. The summed E-state index contributed by atoms with van der Waals surface area (Å²) in [5.74, 6) is 0. The molecule has 2 heteroatoms. The largest absolute Gasteiger partial charge is 0.405 e. The third kappa shape index (κ3) is 3.63. The molecule has 0 heterocycles. The van der Waals surface area contributed by atoms with Gasteiger partial charge in [-0.25, -0.2) is 0 Å². The third-order valence-corrected chi connectivity index (χ3v) is 0.480. The zero-order valence-corrected chi connectivity index (χ0v) is 4.23. The van der Waals surface area contributed by atoms with E-state index in [1.807, 2.05) is 0 Å². The van der Waals surface area contributed by atoms with Gasteiger partial charge in [-0.05, 0) is 17.7 Å². The lowest BCUT2D eigenvalue weighted by Crippen LogP contribution is -1.71. The monoisotopic (exact) mass is 101 g/mol. The zero-order chi connectivity index (χ0) is 4.83. The molecular weight excluding hydrogens is 94.1 g/mol. The Morgan fingerprint density at radius 1 is 1.33 bits per heavy atom. The van der Waals surface area contributed by atoms with Crippen LogP contribution in [0, 0.1) is 0 Å². The number of nitrogens with two attached hydrogens (primary N) is 1. The fraction of sp³-hybridized carbons (Fsp3) is 0. The standard InChI is InChI=1S/C4H7NS/c5-3-1-2-4-6/h1-4,6H,5H2/b3-1+,4-2+. The van der Waals surface area contributed by atoms with Crippen molar-refractivity contribution >= 4 is 12.6 Å². The molecule has 0 saturated carbocycles. The molecule has 0 aliphatic heterocycles. The summed E-state index contributed by atoms with van der Waals surface area (Å²) in [5.41, 5.74) is 4.95. The first kappa shape index (κ1) is 5.63. The topological polar surface area (TPSA) is 26.0 Å². The van der Waals surface area contributed by atoms with Crippen LogP contribution < -0.4 is 5.73 Å². The molecule has 1 nitrogen and oxygen atoms in total. The number of thiol groups is 1. The molecule has 0 aromatic carbocycles. The summed E-state index contributed by atoms with van der Waals surface area (Å²) >= 11 is 3.77. The van der Waals surface area contributed by atoms with Crippen molar-refractivity contribution in [2.45, 2.75) is 0 Å². The van der Waals surface area contributed by atoms with E-state index in [9.17, 15) is 0 Å². The molecule has 0 aromatic rings. The van der Waals surface area contributed by atoms with Crippen LogP contribution in [0.25, 0.3) is 0 Å². The first-order valence-electron chi connectivity index (χ1n) is 1.59. The fourth-order valence-corrected chi connectivity index (χ4v) is 0.213. The highest BCUT2D eigenvalue weighted by Gasteiger charge is 1.49. The van der Waals surface area contributed by atoms with Crippen molar-refractivity contribution < 1.29 is 0 Å². The van der Waals surface area contributed by atoms with E-state index in [1.165, 1.54) is 6.20 Å². The highest BCUT2D eigenvalue weighted by molar-refractivity contribution is 7.83. The van der Waals surface area contributed by atoms with Crippen molar-refractivity contribution in [1.29, 1.82) is 0 Å². The van der Waals surface area contributed by atoms with E-state index in [4.69, 9.17) is 5.73 Å². The van der Waals surface area contributed by atoms with Gasteiger partial charge in [-0.2, -0.15) is 12.6 Å². The Balaban J connectivity index is 3.07. The Kier molecular flexibility index (Phi) is 4.34. The molecule has 2 N–H and O–H groups in total. The SMILES string of the molecule is N/C=C/C=C/S. The van der Waals surface area contributed by atoms with Crippen molar-refractivity contribution in [2.24, 2.45) is 5.73 Å². The maximum absolute atomic E-state index is 4.95. The van der Waals surface area contributed by atoms with Crippen LogP contribution in [-0.2, 0) is 0 Å². The lowest BCUT2D eigenvalue weighted by Gasteiger charge is -1.63. The van der Waals surface area contributed by atoms with Crippen molar-refractivity contribution in [2.75, 3.05) is 0 Å². The van der Waals surface area contributed by atoms with Crippen molar-refractivity contribution in [3.8, 4) is 0 Å². The highest BCUT2D eigenvalue weighted by Crippen LogP contribution is 1.75. The van der Waals surface area contributed by atoms with Gasteiger partial charge in [0.15, 0.2) is 0 Å². The number of allylic oxidation sites excluding steroid dienone is 2. The van der Waals surface area contributed by atoms with E-state index in [-0.39, 0.29) is 0 Å². The minimum Gasteiger partial charge on any atom is -0.405 e. The van der Waals surface area contributed by atoms with Crippen LogP contribution >= 0.6 is 12.6 Å². The molecule has 0 aliphatic carbocycles. The van der Waals surface area contributed by atoms with E-state index in [0.29, 0.717) is 0 Å². The van der Waals surface area contributed by atoms with Gasteiger partial charge < -0.3 is 5.73 Å². The van der Waals surface area contributed by atoms with Gasteiger partial charge in [0, 0.05) is 0 Å². The Labute approximate surface area is 42.9 Å². The Morgan fingerprint density at radius 2 is 2.00 bits per heavy atom. The van der Waals surface area contributed by atoms with Crippen LogP contribution in [0.4, 0.5) is 0 Å². The summed E-state index contributed by atoms with van der Waals surface area (Å²) in [6.07, 6.45) is 4.89. The lowest BCUT2D eigenvalue weighted by molar-refractivity contribution is 1.61. The molecule has 0 aliphatic rings. The van der Waals surface area contributed by atoms with Gasteiger partial charge in [-0.15, -0.1) is 0 Å². The molecule has 0 rings (SSSR count). The molecular formula is C4H7NS. The van der Waals surface area contributed by atoms with Crippen LogP contribution in [0.3, 0.4) is 0 Å². The van der Waals surface area contributed by atoms with Crippen LogP contribution in [-0.4, -0.2) is 0 Å². The predicted octanol–water partition coefficient (Wildman–Crippen LogP) is 0.902. The van der Waals surface area contributed by atoms with E-state index < -0.39 is 0 Å². The van der Waals surface area contributed by atoms with Gasteiger partial charge in [0.1, 0.15) is 0 Å². The summed E-state index contributed by atoms with van der Waals surface area (Å²) in [7, 11) is 0. The lowest BCUT2D eigenvalue weighted by atomic mass is 10.6. The third-order valence-electron chi connectivity index (χ3n) is 0.308. The Bertz CT molecular complexity index is 55.9. The summed E-state index contributed by atoms with van der Waals surface area (Å²) in [6, 6.07) is 0. The summed E-state index contributed by atoms with van der Waals surface area (Å²) in [6.45, 7) is 0. The van der Waals surface area contributed by atoms with Crippen LogP contribution in [0.1, 0.15) is 0 Å². The molecule has 0 spiro atoms. The van der Waals surface area contributed by atoms with Crippen molar-refractivity contribution in [1.82, 2.24) is 0 Å². The second-order valence-corrected chi connectivity index (χ2v) is 1.02. The van der Waals surface area contributed by atoms with Gasteiger partial charge >= 0.3 is 0 Å². The molecule has 0 unspecified atom stereocenters. The first-order valence-corrected chi connectivity index (χ1v) is 2.11. The molecule has 0 fully saturated rings. The Hall–Kier alpha value is -0.370. The average Bonchev–Trinajstić information content (AvgIpc) is 1.61. The maximum Gasteiger partial charge on any atom is -0.00622 e. The van der Waals surface area contributed by atoms with Gasteiger partial charge in [-0.1, -0.05) is 6.08 Å². The second kappa shape index (κ2) is 4.63. The molecule has 0 aromatic heterocycles. The van der Waals surface area contributed by atoms with Gasteiger partial charge in [-0.3, -0.25) is 0 Å². The summed E-state index contributed by atoms with van der Waals surface area (Å²) < 4.78 is 0. The second-order valence-electron chi connectivity index (χ2n) is 0.726. The molecule has 0 amide bonds. The van der Waals surface area contributed by atoms with Crippen LogP contribution in [0.15, 0.2) is 23.8 Å². The molecule has 6 heavy (non-hydrogen) atoms. The quantitative estimate of drug-likeness (QED) is 0.372. The Morgan fingerprint density at radius 3 is 2.17 bits per heavy atom. The fourth-order valence-electron chi connectivity index (χ4n) is 0.114. The molecule has 0 saturated heterocycles. The number of hydrogen-bond acceptors (Lipinski definition) is 2. The summed E-state index contributed by atoms with van der Waals surface area (Å²) in [4.78, 5) is 0. The predicted molar refractivity (Wildman–Crippen MR) is 31.5 cm³/mol. The maximum atomic E-state index is 4.95. The number of rotatable bonds is 1. The van der Waals surface area contributed by atoms with Crippen molar-refractivity contribution in [3.05, 3.63) is 23.8 Å². The normalized spacial score (nSPS) is 11.5. The van der Waals surface area contributed by atoms with Crippen LogP contribution in [0.5, 0.6) is 0 Å². The first-order chi connectivity index (χ1) is 2.91. The molecule has 34 valence electrons. The van der Waals surface area contributed by atoms with Crippen molar-refractivity contribution in [3.63, 3.8) is 0 Å².